The van der Waals surface area contributed by atoms with Crippen molar-refractivity contribution in [3.8, 4) is 0 Å². The molecule has 6 heteroatoms. The number of nitrogens with two attached hydrogens (primary N) is 1. The van der Waals surface area contributed by atoms with Gasteiger partial charge in [-0.2, -0.15) is 0 Å². The zero-order valence-electron chi connectivity index (χ0n) is 9.66. The van der Waals surface area contributed by atoms with E-state index < -0.39 is 0 Å². The number of nitrogen functional groups attached to an aromatic ring is 1. The van der Waals surface area contributed by atoms with Crippen molar-refractivity contribution in [1.82, 2.24) is 4.98 Å². The van der Waals surface area contributed by atoms with E-state index in [0.717, 1.165) is 0 Å². The average Bonchev–Trinajstić information content (AvgIpc) is 2.37. The maximum atomic E-state index is 12.2. The first-order chi connectivity index (χ1) is 8.99. The molecule has 2 rings (SSSR count). The van der Waals surface area contributed by atoms with E-state index in [4.69, 9.17) is 40.5 Å². The van der Waals surface area contributed by atoms with E-state index in [0.29, 0.717) is 20.6 Å². The monoisotopic (exact) mass is 314 g/mol. The fraction of sp³-hybridized carbons (Fsp3) is 0.0769. The van der Waals surface area contributed by atoms with Crippen LogP contribution in [0.4, 0.5) is 5.82 Å². The SMILES string of the molecule is Nc1ncc(Cl)cc1C(=O)Cc1c(Cl)cccc1Cl. The molecule has 1 aromatic heterocycles. The number of aromatic nitrogens is 1. The lowest BCUT2D eigenvalue weighted by molar-refractivity contribution is 0.0993. The minimum atomic E-state index is -0.234. The van der Waals surface area contributed by atoms with Gasteiger partial charge in [0.25, 0.3) is 0 Å². The third-order valence-corrected chi connectivity index (χ3v) is 3.50. The summed E-state index contributed by atoms with van der Waals surface area (Å²) in [5, 5.41) is 1.23. The first kappa shape index (κ1) is 14.1. The van der Waals surface area contributed by atoms with Crippen LogP contribution in [-0.4, -0.2) is 10.8 Å². The van der Waals surface area contributed by atoms with E-state index in [2.05, 4.69) is 4.98 Å². The normalized spacial score (nSPS) is 10.5. The van der Waals surface area contributed by atoms with Crippen molar-refractivity contribution < 1.29 is 4.79 Å². The predicted octanol–water partition coefficient (Wildman–Crippen LogP) is 4.05. The van der Waals surface area contributed by atoms with Gasteiger partial charge in [-0.25, -0.2) is 4.98 Å². The topological polar surface area (TPSA) is 56.0 Å². The van der Waals surface area contributed by atoms with Crippen LogP contribution in [0, 0.1) is 0 Å². The molecule has 0 amide bonds. The summed E-state index contributed by atoms with van der Waals surface area (Å²) in [7, 11) is 0. The molecular weight excluding hydrogens is 307 g/mol. The molecule has 1 aromatic carbocycles. The highest BCUT2D eigenvalue weighted by Crippen LogP contribution is 2.26. The van der Waals surface area contributed by atoms with E-state index in [1.54, 1.807) is 18.2 Å². The number of carbonyl (C=O) groups is 1. The smallest absolute Gasteiger partial charge is 0.171 e. The first-order valence-electron chi connectivity index (χ1n) is 5.36. The molecule has 0 unspecified atom stereocenters. The van der Waals surface area contributed by atoms with Gasteiger partial charge >= 0.3 is 0 Å². The Kier molecular flexibility index (Phi) is 4.30. The quantitative estimate of drug-likeness (QED) is 0.869. The number of anilines is 1. The van der Waals surface area contributed by atoms with Crippen molar-refractivity contribution in [3.05, 3.63) is 56.7 Å². The highest BCUT2D eigenvalue weighted by atomic mass is 35.5. The molecule has 1 heterocycles. The van der Waals surface area contributed by atoms with Gasteiger partial charge in [-0.15, -0.1) is 0 Å². The van der Waals surface area contributed by atoms with Gasteiger partial charge in [0, 0.05) is 22.7 Å². The molecule has 2 aromatic rings. The molecule has 0 aliphatic carbocycles. The summed E-state index contributed by atoms with van der Waals surface area (Å²) >= 11 is 17.8. The number of pyridine rings is 1. The molecule has 19 heavy (non-hydrogen) atoms. The Labute approximate surface area is 125 Å². The van der Waals surface area contributed by atoms with Gasteiger partial charge in [0.2, 0.25) is 0 Å². The summed E-state index contributed by atoms with van der Waals surface area (Å²) < 4.78 is 0. The lowest BCUT2D eigenvalue weighted by Crippen LogP contribution is -2.09. The number of hydrogen-bond acceptors (Lipinski definition) is 3. The third kappa shape index (κ3) is 3.18. The maximum absolute atomic E-state index is 12.2. The molecule has 0 aliphatic heterocycles. The van der Waals surface area contributed by atoms with Crippen molar-refractivity contribution >= 4 is 46.4 Å². The first-order valence-corrected chi connectivity index (χ1v) is 6.49. The average molecular weight is 316 g/mol. The minimum absolute atomic E-state index is 0.0464. The van der Waals surface area contributed by atoms with Crippen LogP contribution in [0.3, 0.4) is 0 Å². The van der Waals surface area contributed by atoms with Crippen molar-refractivity contribution in [2.24, 2.45) is 0 Å². The Morgan fingerprint density at radius 1 is 1.21 bits per heavy atom. The molecule has 0 aliphatic rings. The molecule has 0 saturated heterocycles. The van der Waals surface area contributed by atoms with Crippen LogP contribution in [0.1, 0.15) is 15.9 Å². The van der Waals surface area contributed by atoms with Gasteiger partial charge < -0.3 is 5.73 Å². The molecular formula is C13H9Cl3N2O. The third-order valence-electron chi connectivity index (χ3n) is 2.58. The molecule has 0 saturated carbocycles. The number of benzene rings is 1. The second-order valence-electron chi connectivity index (χ2n) is 3.89. The Hall–Kier alpha value is -1.29. The lowest BCUT2D eigenvalue weighted by Gasteiger charge is -2.07. The fourth-order valence-electron chi connectivity index (χ4n) is 1.63. The molecule has 3 nitrogen and oxygen atoms in total. The van der Waals surface area contributed by atoms with Crippen molar-refractivity contribution in [2.45, 2.75) is 6.42 Å². The van der Waals surface area contributed by atoms with Gasteiger partial charge in [0.05, 0.1) is 10.6 Å². The largest absolute Gasteiger partial charge is 0.383 e. The Bertz CT molecular complexity index is 624. The number of nitrogens with zero attached hydrogens (tertiary/aromatic N) is 1. The molecule has 0 atom stereocenters. The number of Topliss-reactive ketones (excluding diaryl/α,β-unsaturated/α-hetero) is 1. The molecule has 0 spiro atoms. The number of ketones is 1. The standard InChI is InChI=1S/C13H9Cl3N2O/c14-7-4-9(13(17)18-6-7)12(19)5-8-10(15)2-1-3-11(8)16/h1-4,6H,5H2,(H2,17,18). The summed E-state index contributed by atoms with van der Waals surface area (Å²) in [5.74, 6) is -0.0972. The summed E-state index contributed by atoms with van der Waals surface area (Å²) in [6.07, 6.45) is 1.43. The van der Waals surface area contributed by atoms with E-state index in [-0.39, 0.29) is 23.6 Å². The van der Waals surface area contributed by atoms with Gasteiger partial charge in [-0.05, 0) is 23.8 Å². The minimum Gasteiger partial charge on any atom is -0.383 e. The van der Waals surface area contributed by atoms with E-state index >= 15 is 0 Å². The van der Waals surface area contributed by atoms with E-state index in [1.807, 2.05) is 0 Å². The van der Waals surface area contributed by atoms with Crippen LogP contribution < -0.4 is 5.73 Å². The lowest BCUT2D eigenvalue weighted by atomic mass is 10.0. The molecule has 2 N–H and O–H groups in total. The summed E-state index contributed by atoms with van der Waals surface area (Å²) in [5.41, 5.74) is 6.50. The van der Waals surface area contributed by atoms with Crippen molar-refractivity contribution in [2.75, 3.05) is 5.73 Å². The van der Waals surface area contributed by atoms with Gasteiger partial charge in [-0.1, -0.05) is 40.9 Å². The molecule has 98 valence electrons. The van der Waals surface area contributed by atoms with Crippen LogP contribution in [0.5, 0.6) is 0 Å². The fourth-order valence-corrected chi connectivity index (χ4v) is 2.32. The van der Waals surface area contributed by atoms with E-state index in [1.165, 1.54) is 12.3 Å². The van der Waals surface area contributed by atoms with Gasteiger partial charge in [0.15, 0.2) is 5.78 Å². The summed E-state index contributed by atoms with van der Waals surface area (Å²) in [6.45, 7) is 0. The summed E-state index contributed by atoms with van der Waals surface area (Å²) in [6, 6.07) is 6.55. The maximum Gasteiger partial charge on any atom is 0.171 e. The number of rotatable bonds is 3. The van der Waals surface area contributed by atoms with Crippen LogP contribution in [0.25, 0.3) is 0 Å². The predicted molar refractivity (Wildman–Crippen MR) is 78.2 cm³/mol. The Morgan fingerprint density at radius 3 is 2.47 bits per heavy atom. The highest BCUT2D eigenvalue weighted by Gasteiger charge is 2.16. The second kappa shape index (κ2) is 5.78. The number of carbonyl (C=O) groups excluding carboxylic acids is 1. The van der Waals surface area contributed by atoms with Crippen LogP contribution in [-0.2, 0) is 6.42 Å². The second-order valence-corrected chi connectivity index (χ2v) is 5.14. The van der Waals surface area contributed by atoms with Crippen LogP contribution in [0.15, 0.2) is 30.5 Å². The van der Waals surface area contributed by atoms with Crippen molar-refractivity contribution in [1.29, 1.82) is 0 Å². The zero-order chi connectivity index (χ0) is 14.0. The van der Waals surface area contributed by atoms with Gasteiger partial charge in [0.1, 0.15) is 5.82 Å². The Morgan fingerprint density at radius 2 is 1.84 bits per heavy atom. The zero-order valence-corrected chi connectivity index (χ0v) is 11.9. The van der Waals surface area contributed by atoms with Crippen LogP contribution >= 0.6 is 34.8 Å². The highest BCUT2D eigenvalue weighted by molar-refractivity contribution is 6.36. The van der Waals surface area contributed by atoms with Gasteiger partial charge in [-0.3, -0.25) is 4.79 Å². The summed E-state index contributed by atoms with van der Waals surface area (Å²) in [4.78, 5) is 16.0. The number of halogens is 3. The molecule has 0 fully saturated rings. The molecule has 0 radical (unpaired) electrons. The van der Waals surface area contributed by atoms with E-state index in [9.17, 15) is 4.79 Å². The van der Waals surface area contributed by atoms with Crippen LogP contribution in [0.2, 0.25) is 15.1 Å². The number of hydrogen-bond donors (Lipinski definition) is 1. The molecule has 0 bridgehead atoms. The Balaban J connectivity index is 2.34. The van der Waals surface area contributed by atoms with Crippen molar-refractivity contribution in [3.63, 3.8) is 0 Å².